The van der Waals surface area contributed by atoms with E-state index in [4.69, 9.17) is 0 Å². The summed E-state index contributed by atoms with van der Waals surface area (Å²) < 4.78 is 0. The van der Waals surface area contributed by atoms with Crippen molar-refractivity contribution in [3.8, 4) is 0 Å². The molecule has 1 aliphatic carbocycles. The van der Waals surface area contributed by atoms with Gasteiger partial charge in [0.2, 0.25) is 5.91 Å². The molecule has 0 bridgehead atoms. The first-order valence-corrected chi connectivity index (χ1v) is 9.43. The van der Waals surface area contributed by atoms with Crippen LogP contribution in [0.2, 0.25) is 0 Å². The Balaban J connectivity index is 1.24. The fourth-order valence-electron chi connectivity index (χ4n) is 3.13. The van der Waals surface area contributed by atoms with Gasteiger partial charge in [-0.15, -0.1) is 0 Å². The predicted molar refractivity (Wildman–Crippen MR) is 109 cm³/mol. The highest BCUT2D eigenvalue weighted by atomic mass is 16.2. The molecule has 3 amide bonds. The second-order valence-corrected chi connectivity index (χ2v) is 6.98. The third-order valence-electron chi connectivity index (χ3n) is 4.80. The van der Waals surface area contributed by atoms with E-state index in [0.717, 1.165) is 22.4 Å². The number of benzene rings is 2. The Hall–Kier alpha value is -3.41. The van der Waals surface area contributed by atoms with Crippen molar-refractivity contribution in [2.24, 2.45) is 0 Å². The zero-order chi connectivity index (χ0) is 19.3. The summed E-state index contributed by atoms with van der Waals surface area (Å²) in [5.41, 5.74) is 3.75. The van der Waals surface area contributed by atoms with Gasteiger partial charge in [0.25, 0.3) is 0 Å². The van der Waals surface area contributed by atoms with E-state index in [0.29, 0.717) is 12.2 Å². The lowest BCUT2D eigenvalue weighted by atomic mass is 10.1. The molecule has 28 heavy (non-hydrogen) atoms. The van der Waals surface area contributed by atoms with Gasteiger partial charge in [-0.05, 0) is 42.0 Å². The van der Waals surface area contributed by atoms with Crippen LogP contribution in [0, 0.1) is 0 Å². The van der Waals surface area contributed by atoms with Gasteiger partial charge in [-0.2, -0.15) is 0 Å². The largest absolute Gasteiger partial charge is 0.334 e. The third kappa shape index (κ3) is 4.46. The summed E-state index contributed by atoms with van der Waals surface area (Å²) in [6.45, 7) is 0.307. The lowest BCUT2D eigenvalue weighted by molar-refractivity contribution is -0.115. The summed E-state index contributed by atoms with van der Waals surface area (Å²) >= 11 is 0. The Kier molecular flexibility index (Phi) is 5.19. The van der Waals surface area contributed by atoms with Crippen LogP contribution in [0.1, 0.15) is 29.9 Å². The normalized spacial score (nSPS) is 13.1. The number of nitrogens with zero attached hydrogens (tertiary/aromatic N) is 1. The molecule has 142 valence electrons. The molecule has 6 nitrogen and oxygen atoms in total. The molecule has 3 N–H and O–H groups in total. The zero-order valence-corrected chi connectivity index (χ0v) is 15.4. The minimum Gasteiger partial charge on any atom is -0.334 e. The molecule has 0 atom stereocenters. The first kappa shape index (κ1) is 18.0. The average molecular weight is 374 g/mol. The Bertz CT molecular complexity index is 992. The third-order valence-corrected chi connectivity index (χ3v) is 4.80. The summed E-state index contributed by atoms with van der Waals surface area (Å²) in [7, 11) is 0. The lowest BCUT2D eigenvalue weighted by Gasteiger charge is -2.10. The van der Waals surface area contributed by atoms with Crippen LogP contribution in [0.4, 0.5) is 10.5 Å². The number of amides is 3. The van der Waals surface area contributed by atoms with Crippen molar-refractivity contribution in [1.82, 2.24) is 15.6 Å². The number of hydrogen-bond donors (Lipinski definition) is 3. The van der Waals surface area contributed by atoms with E-state index in [9.17, 15) is 9.59 Å². The molecule has 1 aliphatic rings. The molecule has 0 unspecified atom stereocenters. The maximum atomic E-state index is 12.2. The summed E-state index contributed by atoms with van der Waals surface area (Å²) in [6.07, 6.45) is 4.23. The van der Waals surface area contributed by atoms with Crippen LogP contribution in [0.25, 0.3) is 10.9 Å². The van der Waals surface area contributed by atoms with Gasteiger partial charge >= 0.3 is 6.03 Å². The van der Waals surface area contributed by atoms with E-state index in [1.807, 2.05) is 36.4 Å². The maximum absolute atomic E-state index is 12.2. The van der Waals surface area contributed by atoms with Gasteiger partial charge in [0.1, 0.15) is 0 Å². The number of hydrogen-bond acceptors (Lipinski definition) is 3. The van der Waals surface area contributed by atoms with Crippen LogP contribution in [-0.2, 0) is 11.3 Å². The zero-order valence-electron chi connectivity index (χ0n) is 15.4. The number of anilines is 1. The average Bonchev–Trinajstić information content (AvgIpc) is 3.57. The van der Waals surface area contributed by atoms with Crippen molar-refractivity contribution in [1.29, 1.82) is 0 Å². The van der Waals surface area contributed by atoms with Crippen molar-refractivity contribution >= 4 is 28.5 Å². The molecule has 1 saturated carbocycles. The van der Waals surface area contributed by atoms with Gasteiger partial charge in [-0.3, -0.25) is 9.78 Å². The summed E-state index contributed by atoms with van der Waals surface area (Å²) in [6, 6.07) is 17.3. The monoisotopic (exact) mass is 374 g/mol. The molecule has 1 aromatic heterocycles. The van der Waals surface area contributed by atoms with Crippen molar-refractivity contribution in [2.45, 2.75) is 25.3 Å². The number of carbonyl (C=O) groups is 2. The second-order valence-electron chi connectivity index (χ2n) is 6.98. The molecule has 4 rings (SSSR count). The topological polar surface area (TPSA) is 83.1 Å². The van der Waals surface area contributed by atoms with Crippen LogP contribution in [0.5, 0.6) is 0 Å². The fraction of sp³-hybridized carbons (Fsp3) is 0.227. The second kappa shape index (κ2) is 8.08. The Morgan fingerprint density at radius 3 is 2.54 bits per heavy atom. The highest BCUT2D eigenvalue weighted by Crippen LogP contribution is 2.39. The van der Waals surface area contributed by atoms with Crippen LogP contribution in [0.3, 0.4) is 0 Å². The molecular weight excluding hydrogens is 352 g/mol. The summed E-state index contributed by atoms with van der Waals surface area (Å²) in [4.78, 5) is 28.4. The van der Waals surface area contributed by atoms with Crippen LogP contribution >= 0.6 is 0 Å². The van der Waals surface area contributed by atoms with E-state index in [1.54, 1.807) is 12.3 Å². The smallest absolute Gasteiger partial charge is 0.315 e. The van der Waals surface area contributed by atoms with Crippen molar-refractivity contribution in [3.05, 3.63) is 71.9 Å². The van der Waals surface area contributed by atoms with Crippen molar-refractivity contribution < 1.29 is 9.59 Å². The Labute approximate surface area is 163 Å². The molecule has 0 spiro atoms. The number of rotatable bonds is 6. The lowest BCUT2D eigenvalue weighted by Crippen LogP contribution is -2.39. The first-order valence-electron chi connectivity index (χ1n) is 9.43. The van der Waals surface area contributed by atoms with Gasteiger partial charge in [0.15, 0.2) is 0 Å². The molecule has 3 aromatic rings. The number of para-hydroxylation sites is 1. The molecular formula is C22H22N4O2. The number of fused-ring (bicyclic) bond motifs is 1. The highest BCUT2D eigenvalue weighted by Gasteiger charge is 2.22. The SMILES string of the molecule is O=C(CNC(=O)NCc1ccc(C2CC2)cc1)Nc1cccc2cccnc12. The van der Waals surface area contributed by atoms with E-state index >= 15 is 0 Å². The minimum absolute atomic E-state index is 0.115. The van der Waals surface area contributed by atoms with Gasteiger partial charge in [0.05, 0.1) is 17.7 Å². The van der Waals surface area contributed by atoms with Crippen LogP contribution in [0.15, 0.2) is 60.8 Å². The maximum Gasteiger partial charge on any atom is 0.315 e. The highest BCUT2D eigenvalue weighted by molar-refractivity contribution is 6.01. The van der Waals surface area contributed by atoms with Gasteiger partial charge in [0, 0.05) is 18.1 Å². The Morgan fingerprint density at radius 1 is 0.964 bits per heavy atom. The van der Waals surface area contributed by atoms with E-state index in [-0.39, 0.29) is 18.5 Å². The number of aromatic nitrogens is 1. The molecule has 1 fully saturated rings. The minimum atomic E-state index is -0.377. The molecule has 2 aromatic carbocycles. The van der Waals surface area contributed by atoms with Crippen LogP contribution < -0.4 is 16.0 Å². The Morgan fingerprint density at radius 2 is 1.75 bits per heavy atom. The summed E-state index contributed by atoms with van der Waals surface area (Å²) in [5, 5.41) is 9.08. The van der Waals surface area contributed by atoms with E-state index < -0.39 is 0 Å². The standard InChI is InChI=1S/C22H22N4O2/c27-20(26-19-5-1-3-18-4-2-12-23-21(18)19)14-25-22(28)24-13-15-6-8-16(9-7-15)17-10-11-17/h1-9,12,17H,10-11,13-14H2,(H,26,27)(H2,24,25,28). The number of urea groups is 1. The molecule has 6 heteroatoms. The fourth-order valence-corrected chi connectivity index (χ4v) is 3.13. The van der Waals surface area contributed by atoms with E-state index in [1.165, 1.54) is 18.4 Å². The van der Waals surface area contributed by atoms with Crippen molar-refractivity contribution in [2.75, 3.05) is 11.9 Å². The van der Waals surface area contributed by atoms with Gasteiger partial charge in [-0.1, -0.05) is 42.5 Å². The quantitative estimate of drug-likeness (QED) is 0.617. The molecule has 1 heterocycles. The first-order chi connectivity index (χ1) is 13.7. The molecule has 0 radical (unpaired) electrons. The molecule has 0 aliphatic heterocycles. The van der Waals surface area contributed by atoms with Crippen molar-refractivity contribution in [3.63, 3.8) is 0 Å². The van der Waals surface area contributed by atoms with Gasteiger partial charge in [-0.25, -0.2) is 4.79 Å². The number of nitrogens with one attached hydrogen (secondary N) is 3. The van der Waals surface area contributed by atoms with E-state index in [2.05, 4.69) is 33.1 Å². The number of pyridine rings is 1. The van der Waals surface area contributed by atoms with Crippen LogP contribution in [-0.4, -0.2) is 23.5 Å². The number of carbonyl (C=O) groups excluding carboxylic acids is 2. The predicted octanol–water partition coefficient (Wildman–Crippen LogP) is 3.55. The summed E-state index contributed by atoms with van der Waals surface area (Å²) in [5.74, 6) is 0.419. The molecule has 0 saturated heterocycles. The van der Waals surface area contributed by atoms with Gasteiger partial charge < -0.3 is 16.0 Å².